The zero-order valence-corrected chi connectivity index (χ0v) is 11.5. The lowest BCUT2D eigenvalue weighted by Gasteiger charge is -2.07. The number of carbonyl (C=O) groups excluding carboxylic acids is 1. The molecule has 88 valence electrons. The van der Waals surface area contributed by atoms with Crippen LogP contribution in [0, 0.1) is 0 Å². The molecule has 0 aliphatic rings. The molecule has 0 fully saturated rings. The van der Waals surface area contributed by atoms with Crippen molar-refractivity contribution >= 4 is 39.3 Å². The van der Waals surface area contributed by atoms with Crippen molar-refractivity contribution in [3.63, 3.8) is 0 Å². The first-order valence-electron chi connectivity index (χ1n) is 4.98. The van der Waals surface area contributed by atoms with Gasteiger partial charge in [0, 0.05) is 12.2 Å². The molecule has 1 aromatic carbocycles. The maximum Gasteiger partial charge on any atom is 0.252 e. The molecular weight excluding hydrogens is 288 g/mol. The van der Waals surface area contributed by atoms with Gasteiger partial charge in [0.1, 0.15) is 0 Å². The number of hydrogen-bond acceptors (Lipinski definition) is 3. The van der Waals surface area contributed by atoms with Gasteiger partial charge in [-0.2, -0.15) is 11.8 Å². The topological polar surface area (TPSA) is 55.1 Å². The highest BCUT2D eigenvalue weighted by Crippen LogP contribution is 2.23. The number of carbonyl (C=O) groups is 1. The molecule has 0 spiro atoms. The number of anilines is 1. The van der Waals surface area contributed by atoms with Gasteiger partial charge in [0.05, 0.1) is 10.0 Å². The third-order valence-corrected chi connectivity index (χ3v) is 3.67. The monoisotopic (exact) mass is 302 g/mol. The molecule has 3 nitrogen and oxygen atoms in total. The van der Waals surface area contributed by atoms with E-state index in [1.54, 1.807) is 30.0 Å². The predicted octanol–water partition coefficient (Wildman–Crippen LogP) is 2.51. The van der Waals surface area contributed by atoms with E-state index in [-0.39, 0.29) is 5.91 Å². The van der Waals surface area contributed by atoms with Crippen LogP contribution in [0.5, 0.6) is 0 Å². The second kappa shape index (κ2) is 6.81. The van der Waals surface area contributed by atoms with Crippen molar-refractivity contribution in [3.8, 4) is 0 Å². The van der Waals surface area contributed by atoms with Crippen molar-refractivity contribution in [2.24, 2.45) is 0 Å². The number of benzene rings is 1. The van der Waals surface area contributed by atoms with E-state index in [1.807, 2.05) is 0 Å². The molecule has 0 aliphatic carbocycles. The van der Waals surface area contributed by atoms with E-state index in [0.29, 0.717) is 22.3 Å². The van der Waals surface area contributed by atoms with Crippen LogP contribution in [0.4, 0.5) is 5.69 Å². The molecule has 0 bridgehead atoms. The first-order valence-corrected chi connectivity index (χ1v) is 7.16. The van der Waals surface area contributed by atoms with Crippen molar-refractivity contribution in [1.82, 2.24) is 5.32 Å². The number of thioether (sulfide) groups is 1. The van der Waals surface area contributed by atoms with Gasteiger partial charge in [-0.05, 0) is 46.5 Å². The second-order valence-electron chi connectivity index (χ2n) is 3.31. The van der Waals surface area contributed by atoms with Crippen LogP contribution in [0.15, 0.2) is 22.7 Å². The Morgan fingerprint density at radius 3 is 3.00 bits per heavy atom. The van der Waals surface area contributed by atoms with Gasteiger partial charge in [0.15, 0.2) is 0 Å². The van der Waals surface area contributed by atoms with Crippen molar-refractivity contribution in [3.05, 3.63) is 28.2 Å². The Morgan fingerprint density at radius 1 is 1.56 bits per heavy atom. The van der Waals surface area contributed by atoms with Crippen molar-refractivity contribution in [2.45, 2.75) is 6.42 Å². The standard InChI is InChI=1S/C11H15BrN2OS/c1-16-7-3-6-14-11(15)8-4-2-5-9(13)10(8)12/h2,4-5H,3,6-7,13H2,1H3,(H,14,15). The van der Waals surface area contributed by atoms with Gasteiger partial charge >= 0.3 is 0 Å². The van der Waals surface area contributed by atoms with Crippen LogP contribution in [-0.4, -0.2) is 24.5 Å². The number of amides is 1. The lowest BCUT2D eigenvalue weighted by molar-refractivity contribution is 0.0953. The summed E-state index contributed by atoms with van der Waals surface area (Å²) in [6.45, 7) is 0.695. The smallest absolute Gasteiger partial charge is 0.252 e. The molecule has 3 N–H and O–H groups in total. The van der Waals surface area contributed by atoms with E-state index >= 15 is 0 Å². The van der Waals surface area contributed by atoms with Crippen LogP contribution < -0.4 is 11.1 Å². The maximum atomic E-state index is 11.8. The van der Waals surface area contributed by atoms with Gasteiger partial charge in [0.2, 0.25) is 0 Å². The van der Waals surface area contributed by atoms with Crippen LogP contribution in [0.25, 0.3) is 0 Å². The fourth-order valence-corrected chi connectivity index (χ4v) is 2.12. The number of hydrogen-bond donors (Lipinski definition) is 2. The molecule has 1 amide bonds. The Morgan fingerprint density at radius 2 is 2.31 bits per heavy atom. The van der Waals surface area contributed by atoms with Crippen LogP contribution in [-0.2, 0) is 0 Å². The molecule has 0 unspecified atom stereocenters. The molecule has 16 heavy (non-hydrogen) atoms. The lowest BCUT2D eigenvalue weighted by Crippen LogP contribution is -2.25. The van der Waals surface area contributed by atoms with Gasteiger partial charge < -0.3 is 11.1 Å². The predicted molar refractivity (Wildman–Crippen MR) is 73.9 cm³/mol. The Hall–Kier alpha value is -0.680. The Balaban J connectivity index is 2.56. The quantitative estimate of drug-likeness (QED) is 0.649. The fourth-order valence-electron chi connectivity index (χ4n) is 1.24. The van der Waals surface area contributed by atoms with Gasteiger partial charge in [-0.1, -0.05) is 6.07 Å². The van der Waals surface area contributed by atoms with Crippen molar-refractivity contribution in [1.29, 1.82) is 0 Å². The molecule has 0 atom stereocenters. The highest BCUT2D eigenvalue weighted by Gasteiger charge is 2.10. The molecular formula is C11H15BrN2OS. The lowest BCUT2D eigenvalue weighted by atomic mass is 10.2. The average Bonchev–Trinajstić information content (AvgIpc) is 2.28. The normalized spacial score (nSPS) is 10.1. The van der Waals surface area contributed by atoms with E-state index < -0.39 is 0 Å². The number of nitrogens with two attached hydrogens (primary N) is 1. The summed E-state index contributed by atoms with van der Waals surface area (Å²) >= 11 is 5.09. The highest BCUT2D eigenvalue weighted by atomic mass is 79.9. The third kappa shape index (κ3) is 3.72. The van der Waals surface area contributed by atoms with Crippen LogP contribution in [0.3, 0.4) is 0 Å². The summed E-state index contributed by atoms with van der Waals surface area (Å²) in [5, 5.41) is 2.86. The second-order valence-corrected chi connectivity index (χ2v) is 5.09. The summed E-state index contributed by atoms with van der Waals surface area (Å²) in [5.74, 6) is 0.971. The molecule has 0 heterocycles. The average molecular weight is 303 g/mol. The molecule has 0 aromatic heterocycles. The zero-order valence-electron chi connectivity index (χ0n) is 9.13. The summed E-state index contributed by atoms with van der Waals surface area (Å²) < 4.78 is 0.664. The third-order valence-electron chi connectivity index (χ3n) is 2.08. The van der Waals surface area contributed by atoms with Gasteiger partial charge in [-0.15, -0.1) is 0 Å². The molecule has 1 rings (SSSR count). The fraction of sp³-hybridized carbons (Fsp3) is 0.364. The number of nitrogens with one attached hydrogen (secondary N) is 1. The first-order chi connectivity index (χ1) is 7.66. The number of nitrogen functional groups attached to an aromatic ring is 1. The summed E-state index contributed by atoms with van der Waals surface area (Å²) in [6.07, 6.45) is 3.03. The summed E-state index contributed by atoms with van der Waals surface area (Å²) in [6, 6.07) is 5.29. The van der Waals surface area contributed by atoms with Crippen molar-refractivity contribution in [2.75, 3.05) is 24.3 Å². The first kappa shape index (κ1) is 13.4. The summed E-state index contributed by atoms with van der Waals surface area (Å²) in [4.78, 5) is 11.8. The molecule has 0 radical (unpaired) electrons. The maximum absolute atomic E-state index is 11.8. The SMILES string of the molecule is CSCCCNC(=O)c1cccc(N)c1Br. The largest absolute Gasteiger partial charge is 0.398 e. The Kier molecular flexibility index (Phi) is 5.69. The highest BCUT2D eigenvalue weighted by molar-refractivity contribution is 9.10. The van der Waals surface area contributed by atoms with Gasteiger partial charge in [0.25, 0.3) is 5.91 Å². The summed E-state index contributed by atoms with van der Waals surface area (Å²) in [7, 11) is 0. The minimum atomic E-state index is -0.0831. The minimum absolute atomic E-state index is 0.0831. The van der Waals surface area contributed by atoms with E-state index in [9.17, 15) is 4.79 Å². The van der Waals surface area contributed by atoms with E-state index in [2.05, 4.69) is 27.5 Å². The summed E-state index contributed by atoms with van der Waals surface area (Å²) in [5.41, 5.74) is 6.87. The molecule has 0 saturated carbocycles. The molecule has 1 aromatic rings. The van der Waals surface area contributed by atoms with Crippen LogP contribution in [0.1, 0.15) is 16.8 Å². The molecule has 0 aliphatic heterocycles. The number of halogens is 1. The minimum Gasteiger partial charge on any atom is -0.398 e. The molecule has 5 heteroatoms. The Labute approximate surface area is 108 Å². The van der Waals surface area contributed by atoms with Crippen LogP contribution in [0.2, 0.25) is 0 Å². The van der Waals surface area contributed by atoms with Gasteiger partial charge in [-0.3, -0.25) is 4.79 Å². The molecule has 0 saturated heterocycles. The number of rotatable bonds is 5. The van der Waals surface area contributed by atoms with Crippen molar-refractivity contribution < 1.29 is 4.79 Å². The van der Waals surface area contributed by atoms with E-state index in [1.165, 1.54) is 0 Å². The van der Waals surface area contributed by atoms with E-state index in [4.69, 9.17) is 5.73 Å². The van der Waals surface area contributed by atoms with Gasteiger partial charge in [-0.25, -0.2) is 0 Å². The zero-order chi connectivity index (χ0) is 12.0. The van der Waals surface area contributed by atoms with Crippen LogP contribution >= 0.6 is 27.7 Å². The Bertz CT molecular complexity index is 371. The van der Waals surface area contributed by atoms with E-state index in [0.717, 1.165) is 12.2 Å².